The van der Waals surface area contributed by atoms with Crippen LogP contribution in [0.3, 0.4) is 0 Å². The summed E-state index contributed by atoms with van der Waals surface area (Å²) in [7, 11) is 0. The second-order valence-corrected chi connectivity index (χ2v) is 9.67. The summed E-state index contributed by atoms with van der Waals surface area (Å²) < 4.78 is 0. The molecule has 0 aliphatic carbocycles. The molecule has 198 valence electrons. The Labute approximate surface area is 233 Å². The van der Waals surface area contributed by atoms with Gasteiger partial charge in [-0.15, -0.1) is 46.4 Å². The van der Waals surface area contributed by atoms with Crippen molar-refractivity contribution in [3.05, 3.63) is 123 Å². The van der Waals surface area contributed by atoms with Crippen molar-refractivity contribution in [1.82, 2.24) is 0 Å². The molecule has 3 aromatic carbocycles. The third-order valence-electron chi connectivity index (χ3n) is 5.50. The molecule has 0 fully saturated rings. The van der Waals surface area contributed by atoms with Crippen LogP contribution in [0.4, 0.5) is 22.7 Å². The number of alkyl halides is 4. The lowest BCUT2D eigenvalue weighted by Gasteiger charge is -2.20. The maximum Gasteiger partial charge on any atom is 0.281 e. The quantitative estimate of drug-likeness (QED) is 0.128. The molecule has 0 aromatic heterocycles. The van der Waals surface area contributed by atoms with E-state index in [0.717, 1.165) is 36.4 Å². The van der Waals surface area contributed by atoms with E-state index in [0.29, 0.717) is 11.1 Å². The molecule has 0 heterocycles. The highest BCUT2D eigenvalue weighted by Crippen LogP contribution is 2.47. The number of nitrogens with zero attached hydrogens (tertiary/aromatic N) is 4. The second-order valence-electron chi connectivity index (χ2n) is 7.79. The molecular formula is C22H14Cl4N4O8. The Balaban J connectivity index is 1.94. The van der Waals surface area contributed by atoms with Crippen LogP contribution in [0.1, 0.15) is 43.8 Å². The molecule has 3 rings (SSSR count). The number of non-ortho nitro benzene ring substituents is 2. The summed E-state index contributed by atoms with van der Waals surface area (Å²) in [6.07, 6.45) is 0. The van der Waals surface area contributed by atoms with Crippen LogP contribution >= 0.6 is 46.4 Å². The fourth-order valence-electron chi connectivity index (χ4n) is 3.63. The SMILES string of the molecule is O=[N+]([O-])c1ccc([C@@H](Cl)[C@H](Cl)c2cccc([C@@H](Cl)[C@@H](Cl)c3ccc([N+](=O)[O-])cc3[N+](=O)[O-])c2)c([N+](=O)[O-])c1. The van der Waals surface area contributed by atoms with E-state index in [1.165, 1.54) is 6.07 Å². The van der Waals surface area contributed by atoms with Gasteiger partial charge in [0.15, 0.2) is 0 Å². The van der Waals surface area contributed by atoms with Gasteiger partial charge in [-0.25, -0.2) is 0 Å². The van der Waals surface area contributed by atoms with Gasteiger partial charge in [0.1, 0.15) is 0 Å². The molecule has 0 radical (unpaired) electrons. The van der Waals surface area contributed by atoms with Crippen LogP contribution in [0, 0.1) is 40.5 Å². The topological polar surface area (TPSA) is 173 Å². The maximum atomic E-state index is 11.5. The highest BCUT2D eigenvalue weighted by Gasteiger charge is 2.32. The molecule has 0 aliphatic rings. The lowest BCUT2D eigenvalue weighted by molar-refractivity contribution is -0.394. The van der Waals surface area contributed by atoms with Gasteiger partial charge in [-0.3, -0.25) is 40.5 Å². The van der Waals surface area contributed by atoms with Gasteiger partial charge in [0.05, 0.1) is 64.5 Å². The Kier molecular flexibility index (Phi) is 9.05. The van der Waals surface area contributed by atoms with E-state index in [1.54, 1.807) is 18.2 Å². The van der Waals surface area contributed by atoms with E-state index in [2.05, 4.69) is 0 Å². The third-order valence-corrected chi connectivity index (χ3v) is 7.74. The van der Waals surface area contributed by atoms with Gasteiger partial charge in [-0.1, -0.05) is 24.3 Å². The average Bonchev–Trinajstić information content (AvgIpc) is 2.90. The molecule has 0 bridgehead atoms. The first-order valence-electron chi connectivity index (χ1n) is 10.3. The van der Waals surface area contributed by atoms with E-state index >= 15 is 0 Å². The number of nitro groups is 4. The minimum Gasteiger partial charge on any atom is -0.258 e. The third kappa shape index (κ3) is 6.10. The van der Waals surface area contributed by atoms with Crippen molar-refractivity contribution in [1.29, 1.82) is 0 Å². The number of benzene rings is 3. The zero-order chi connectivity index (χ0) is 28.3. The van der Waals surface area contributed by atoms with E-state index < -0.39 is 64.0 Å². The summed E-state index contributed by atoms with van der Waals surface area (Å²) in [6.45, 7) is 0. The molecule has 38 heavy (non-hydrogen) atoms. The van der Waals surface area contributed by atoms with Crippen molar-refractivity contribution in [2.75, 3.05) is 0 Å². The summed E-state index contributed by atoms with van der Waals surface area (Å²) in [4.78, 5) is 41.9. The number of hydrogen-bond donors (Lipinski definition) is 0. The molecule has 0 saturated heterocycles. The zero-order valence-corrected chi connectivity index (χ0v) is 21.7. The van der Waals surface area contributed by atoms with Crippen molar-refractivity contribution in [3.8, 4) is 0 Å². The van der Waals surface area contributed by atoms with Gasteiger partial charge in [-0.2, -0.15) is 0 Å². The van der Waals surface area contributed by atoms with Gasteiger partial charge in [0.25, 0.3) is 22.7 Å². The predicted octanol–water partition coefficient (Wildman–Crippen LogP) is 7.84. The minimum absolute atomic E-state index is 0.0492. The van der Waals surface area contributed by atoms with Gasteiger partial charge in [0.2, 0.25) is 0 Å². The van der Waals surface area contributed by atoms with Crippen molar-refractivity contribution in [2.24, 2.45) is 0 Å². The maximum absolute atomic E-state index is 11.5. The van der Waals surface area contributed by atoms with Crippen LogP contribution < -0.4 is 0 Å². The first-order chi connectivity index (χ1) is 17.8. The summed E-state index contributed by atoms with van der Waals surface area (Å²) in [6, 6.07) is 12.2. The Hall–Kier alpha value is -3.58. The van der Waals surface area contributed by atoms with E-state index in [4.69, 9.17) is 46.4 Å². The van der Waals surface area contributed by atoms with E-state index in [-0.39, 0.29) is 11.1 Å². The van der Waals surface area contributed by atoms with Crippen LogP contribution in [-0.4, -0.2) is 19.7 Å². The van der Waals surface area contributed by atoms with Crippen LogP contribution in [0.25, 0.3) is 0 Å². The molecule has 3 aromatic rings. The number of hydrogen-bond acceptors (Lipinski definition) is 8. The summed E-state index contributed by atoms with van der Waals surface area (Å²) in [5.41, 5.74) is -1.51. The van der Waals surface area contributed by atoms with E-state index in [1.807, 2.05) is 0 Å². The second kappa shape index (κ2) is 11.9. The van der Waals surface area contributed by atoms with Crippen LogP contribution in [-0.2, 0) is 0 Å². The smallest absolute Gasteiger partial charge is 0.258 e. The van der Waals surface area contributed by atoms with Gasteiger partial charge >= 0.3 is 0 Å². The van der Waals surface area contributed by atoms with Crippen LogP contribution in [0.2, 0.25) is 0 Å². The molecule has 0 spiro atoms. The van der Waals surface area contributed by atoms with Crippen molar-refractivity contribution in [2.45, 2.75) is 21.5 Å². The predicted molar refractivity (Wildman–Crippen MR) is 140 cm³/mol. The van der Waals surface area contributed by atoms with Gasteiger partial charge in [0, 0.05) is 12.1 Å². The molecule has 12 nitrogen and oxygen atoms in total. The lowest BCUT2D eigenvalue weighted by Crippen LogP contribution is -2.07. The van der Waals surface area contributed by atoms with E-state index in [9.17, 15) is 40.5 Å². The summed E-state index contributed by atoms with van der Waals surface area (Å²) in [5, 5.41) is 40.5. The molecule has 0 saturated carbocycles. The lowest BCUT2D eigenvalue weighted by atomic mass is 9.97. The Morgan fingerprint density at radius 2 is 0.868 bits per heavy atom. The fraction of sp³-hybridized carbons (Fsp3) is 0.182. The van der Waals surface area contributed by atoms with Crippen molar-refractivity contribution < 1.29 is 19.7 Å². The standard InChI is InChI=1S/C22H14Cl4N4O8/c23-19(21(25)15-6-4-13(27(31)32)9-17(15)29(35)36)11-2-1-3-12(8-11)20(24)22(26)16-7-5-14(28(33)34)10-18(16)30(37)38/h1-10,19-22H/t19-,20-,21-,22+/m1/s1. The average molecular weight is 604 g/mol. The molecule has 0 N–H and O–H groups in total. The largest absolute Gasteiger partial charge is 0.281 e. The first-order valence-corrected chi connectivity index (χ1v) is 12.1. The fourth-order valence-corrected chi connectivity index (χ4v) is 4.83. The first kappa shape index (κ1) is 29.0. The summed E-state index contributed by atoms with van der Waals surface area (Å²) >= 11 is 26.0. The number of halogens is 4. The highest BCUT2D eigenvalue weighted by molar-refractivity contribution is 6.31. The van der Waals surface area contributed by atoms with Crippen LogP contribution in [0.5, 0.6) is 0 Å². The van der Waals surface area contributed by atoms with Crippen molar-refractivity contribution >= 4 is 69.2 Å². The summed E-state index contributed by atoms with van der Waals surface area (Å²) in [5.74, 6) is 0. The zero-order valence-electron chi connectivity index (χ0n) is 18.6. The van der Waals surface area contributed by atoms with Gasteiger partial charge < -0.3 is 0 Å². The van der Waals surface area contributed by atoms with Gasteiger partial charge in [-0.05, 0) is 23.3 Å². The molecular weight excluding hydrogens is 590 g/mol. The number of rotatable bonds is 10. The molecule has 4 atom stereocenters. The monoisotopic (exact) mass is 602 g/mol. The Morgan fingerprint density at radius 3 is 1.18 bits per heavy atom. The van der Waals surface area contributed by atoms with Crippen LogP contribution in [0.15, 0.2) is 60.7 Å². The van der Waals surface area contributed by atoms with Crippen molar-refractivity contribution in [3.63, 3.8) is 0 Å². The molecule has 16 heteroatoms. The molecule has 0 aliphatic heterocycles. The molecule has 0 unspecified atom stereocenters. The minimum atomic E-state index is -1.19. The highest BCUT2D eigenvalue weighted by atomic mass is 35.5. The Bertz CT molecular complexity index is 1340. The number of nitro benzene ring substituents is 4. The normalized spacial score (nSPS) is 14.2. The Morgan fingerprint density at radius 1 is 0.500 bits per heavy atom. The molecule has 0 amide bonds.